The molecule has 0 bridgehead atoms. The summed E-state index contributed by atoms with van der Waals surface area (Å²) in [6.07, 6.45) is 5.04. The number of rotatable bonds is 7. The summed E-state index contributed by atoms with van der Waals surface area (Å²) in [4.78, 5) is 2.34. The lowest BCUT2D eigenvalue weighted by Gasteiger charge is -2.37. The third-order valence-corrected chi connectivity index (χ3v) is 5.90. The second-order valence-corrected chi connectivity index (χ2v) is 8.95. The molecule has 1 atom stereocenters. The van der Waals surface area contributed by atoms with Crippen LogP contribution in [0.1, 0.15) is 39.5 Å². The van der Waals surface area contributed by atoms with Gasteiger partial charge >= 0.3 is 0 Å². The molecule has 0 aromatic heterocycles. The topological polar surface area (TPSA) is 49.4 Å². The van der Waals surface area contributed by atoms with Crippen LogP contribution in [0.4, 0.5) is 0 Å². The van der Waals surface area contributed by atoms with E-state index in [1.807, 2.05) is 0 Å². The highest BCUT2D eigenvalue weighted by molar-refractivity contribution is 7.91. The van der Waals surface area contributed by atoms with E-state index in [-0.39, 0.29) is 5.41 Å². The predicted octanol–water partition coefficient (Wildman–Crippen LogP) is 1.28. The maximum absolute atomic E-state index is 11.5. The van der Waals surface area contributed by atoms with Crippen molar-refractivity contribution in [3.8, 4) is 0 Å². The SMILES string of the molecule is CCCC(C)(CNC1CC1)CN1CCS(=O)(=O)CC1. The van der Waals surface area contributed by atoms with E-state index in [1.165, 1.54) is 25.7 Å². The monoisotopic (exact) mass is 288 g/mol. The van der Waals surface area contributed by atoms with Crippen LogP contribution in [0.3, 0.4) is 0 Å². The van der Waals surface area contributed by atoms with Gasteiger partial charge in [-0.15, -0.1) is 0 Å². The van der Waals surface area contributed by atoms with Gasteiger partial charge in [0, 0.05) is 32.2 Å². The van der Waals surface area contributed by atoms with E-state index in [0.29, 0.717) is 24.6 Å². The molecule has 0 amide bonds. The number of hydrogen-bond donors (Lipinski definition) is 1. The second kappa shape index (κ2) is 6.10. The molecule has 4 nitrogen and oxygen atoms in total. The van der Waals surface area contributed by atoms with Gasteiger partial charge in [-0.25, -0.2) is 8.42 Å². The van der Waals surface area contributed by atoms with E-state index in [1.54, 1.807) is 0 Å². The van der Waals surface area contributed by atoms with Crippen molar-refractivity contribution in [2.45, 2.75) is 45.6 Å². The molecule has 2 aliphatic rings. The molecular weight excluding hydrogens is 260 g/mol. The van der Waals surface area contributed by atoms with Crippen molar-refractivity contribution in [2.75, 3.05) is 37.7 Å². The minimum absolute atomic E-state index is 0.276. The van der Waals surface area contributed by atoms with Gasteiger partial charge in [-0.1, -0.05) is 20.3 Å². The van der Waals surface area contributed by atoms with Gasteiger partial charge < -0.3 is 10.2 Å². The lowest BCUT2D eigenvalue weighted by Crippen LogP contribution is -2.48. The summed E-state index contributed by atoms with van der Waals surface area (Å²) < 4.78 is 22.9. The fourth-order valence-electron chi connectivity index (χ4n) is 2.95. The van der Waals surface area contributed by atoms with E-state index >= 15 is 0 Å². The Balaban J connectivity index is 1.84. The molecule has 19 heavy (non-hydrogen) atoms. The predicted molar refractivity (Wildman–Crippen MR) is 79.1 cm³/mol. The Morgan fingerprint density at radius 3 is 2.42 bits per heavy atom. The quantitative estimate of drug-likeness (QED) is 0.766. The molecule has 1 heterocycles. The van der Waals surface area contributed by atoms with Gasteiger partial charge in [-0.2, -0.15) is 0 Å². The van der Waals surface area contributed by atoms with E-state index in [0.717, 1.165) is 19.1 Å². The van der Waals surface area contributed by atoms with Crippen LogP contribution < -0.4 is 5.32 Å². The normalized spacial score (nSPS) is 27.1. The van der Waals surface area contributed by atoms with Crippen molar-refractivity contribution in [1.29, 1.82) is 0 Å². The molecular formula is C14H28N2O2S. The van der Waals surface area contributed by atoms with Crippen LogP contribution in [0.2, 0.25) is 0 Å². The summed E-state index contributed by atoms with van der Waals surface area (Å²) in [7, 11) is -2.76. The Kier molecular flexibility index (Phi) is 4.90. The van der Waals surface area contributed by atoms with Crippen LogP contribution in [-0.2, 0) is 9.84 Å². The van der Waals surface area contributed by atoms with Gasteiger partial charge in [0.2, 0.25) is 0 Å². The maximum atomic E-state index is 11.5. The molecule has 2 fully saturated rings. The third kappa shape index (κ3) is 5.04. The average molecular weight is 288 g/mol. The Labute approximate surface area is 117 Å². The Morgan fingerprint density at radius 1 is 1.26 bits per heavy atom. The second-order valence-electron chi connectivity index (χ2n) is 6.64. The standard InChI is InChI=1S/C14H28N2O2S/c1-3-6-14(2,11-15-13-4-5-13)12-16-7-9-19(17,18)10-8-16/h13,15H,3-12H2,1-2H3. The highest BCUT2D eigenvalue weighted by Crippen LogP contribution is 2.27. The van der Waals surface area contributed by atoms with Crippen molar-refractivity contribution in [3.05, 3.63) is 0 Å². The van der Waals surface area contributed by atoms with Gasteiger partial charge in [0.05, 0.1) is 11.5 Å². The van der Waals surface area contributed by atoms with Crippen LogP contribution in [-0.4, -0.2) is 57.0 Å². The fourth-order valence-corrected chi connectivity index (χ4v) is 4.23. The highest BCUT2D eigenvalue weighted by atomic mass is 32.2. The van der Waals surface area contributed by atoms with Gasteiger partial charge in [-0.05, 0) is 24.7 Å². The van der Waals surface area contributed by atoms with E-state index in [4.69, 9.17) is 0 Å². The minimum atomic E-state index is -2.76. The lowest BCUT2D eigenvalue weighted by atomic mass is 9.84. The highest BCUT2D eigenvalue weighted by Gasteiger charge is 2.31. The van der Waals surface area contributed by atoms with Crippen molar-refractivity contribution in [1.82, 2.24) is 10.2 Å². The zero-order chi connectivity index (χ0) is 13.9. The maximum Gasteiger partial charge on any atom is 0.152 e. The molecule has 0 aromatic rings. The molecule has 112 valence electrons. The summed E-state index contributed by atoms with van der Waals surface area (Å²) in [5.41, 5.74) is 0.276. The minimum Gasteiger partial charge on any atom is -0.313 e. The smallest absolute Gasteiger partial charge is 0.152 e. The molecule has 0 aromatic carbocycles. The molecule has 1 unspecified atom stereocenters. The van der Waals surface area contributed by atoms with Crippen LogP contribution >= 0.6 is 0 Å². The Hall–Kier alpha value is -0.130. The number of nitrogens with zero attached hydrogens (tertiary/aromatic N) is 1. The first-order valence-corrected chi connectivity index (χ1v) is 9.41. The molecule has 5 heteroatoms. The largest absolute Gasteiger partial charge is 0.313 e. The van der Waals surface area contributed by atoms with E-state index in [2.05, 4.69) is 24.1 Å². The van der Waals surface area contributed by atoms with Crippen molar-refractivity contribution >= 4 is 9.84 Å². The number of sulfone groups is 1. The summed E-state index contributed by atoms with van der Waals surface area (Å²) in [5.74, 6) is 0.677. The molecule has 1 N–H and O–H groups in total. The van der Waals surface area contributed by atoms with Crippen molar-refractivity contribution in [3.63, 3.8) is 0 Å². The first-order valence-electron chi connectivity index (χ1n) is 7.59. The zero-order valence-corrected chi connectivity index (χ0v) is 13.1. The van der Waals surface area contributed by atoms with Crippen molar-refractivity contribution < 1.29 is 8.42 Å². The Morgan fingerprint density at radius 2 is 1.89 bits per heavy atom. The fraction of sp³-hybridized carbons (Fsp3) is 1.00. The average Bonchev–Trinajstić information content (AvgIpc) is 3.14. The third-order valence-electron chi connectivity index (χ3n) is 4.29. The molecule has 1 saturated heterocycles. The first-order chi connectivity index (χ1) is 8.92. The van der Waals surface area contributed by atoms with Crippen LogP contribution in [0.5, 0.6) is 0 Å². The first kappa shape index (κ1) is 15.3. The molecule has 0 spiro atoms. The van der Waals surface area contributed by atoms with E-state index in [9.17, 15) is 8.42 Å². The lowest BCUT2D eigenvalue weighted by molar-refractivity contribution is 0.157. The molecule has 1 saturated carbocycles. The summed E-state index contributed by atoms with van der Waals surface area (Å²) in [5, 5.41) is 3.64. The van der Waals surface area contributed by atoms with Crippen molar-refractivity contribution in [2.24, 2.45) is 5.41 Å². The zero-order valence-electron chi connectivity index (χ0n) is 12.3. The number of nitrogens with one attached hydrogen (secondary N) is 1. The molecule has 2 rings (SSSR count). The molecule has 1 aliphatic carbocycles. The van der Waals surface area contributed by atoms with Crippen LogP contribution in [0.25, 0.3) is 0 Å². The molecule has 1 aliphatic heterocycles. The number of hydrogen-bond acceptors (Lipinski definition) is 4. The van der Waals surface area contributed by atoms with Gasteiger partial charge in [0.25, 0.3) is 0 Å². The van der Waals surface area contributed by atoms with Crippen LogP contribution in [0.15, 0.2) is 0 Å². The van der Waals surface area contributed by atoms with Crippen LogP contribution in [0, 0.1) is 5.41 Å². The van der Waals surface area contributed by atoms with Gasteiger partial charge in [0.15, 0.2) is 9.84 Å². The summed E-state index contributed by atoms with van der Waals surface area (Å²) in [6.45, 7) is 8.09. The molecule has 0 radical (unpaired) electrons. The summed E-state index contributed by atoms with van der Waals surface area (Å²) >= 11 is 0. The van der Waals surface area contributed by atoms with Gasteiger partial charge in [-0.3, -0.25) is 0 Å². The van der Waals surface area contributed by atoms with Gasteiger partial charge in [0.1, 0.15) is 0 Å². The summed E-state index contributed by atoms with van der Waals surface area (Å²) in [6, 6.07) is 0.748. The Bertz CT molecular complexity index is 378. The van der Waals surface area contributed by atoms with E-state index < -0.39 is 9.84 Å².